The lowest BCUT2D eigenvalue weighted by molar-refractivity contribution is 0.256. The second-order valence-corrected chi connectivity index (χ2v) is 3.83. The van der Waals surface area contributed by atoms with Gasteiger partial charge in [0.2, 0.25) is 0 Å². The Morgan fingerprint density at radius 2 is 1.80 bits per heavy atom. The third-order valence-electron chi connectivity index (χ3n) is 2.57. The quantitative estimate of drug-likeness (QED) is 0.814. The van der Waals surface area contributed by atoms with Gasteiger partial charge in [0.25, 0.3) is 0 Å². The smallest absolute Gasteiger partial charge is 0.0582 e. The van der Waals surface area contributed by atoms with Gasteiger partial charge < -0.3 is 10.8 Å². The minimum Gasteiger partial charge on any atom is -0.395 e. The van der Waals surface area contributed by atoms with Crippen molar-refractivity contribution in [2.75, 3.05) is 6.61 Å². The van der Waals surface area contributed by atoms with Gasteiger partial charge in [-0.15, -0.1) is 12.4 Å². The van der Waals surface area contributed by atoms with Crippen LogP contribution < -0.4 is 5.73 Å². The van der Waals surface area contributed by atoms with Crippen molar-refractivity contribution in [1.29, 1.82) is 0 Å². The Bertz CT molecular complexity index is 253. The zero-order valence-electron chi connectivity index (χ0n) is 9.10. The average Bonchev–Trinajstić information content (AvgIpc) is 2.26. The fourth-order valence-corrected chi connectivity index (χ4v) is 1.50. The molecule has 3 N–H and O–H groups in total. The van der Waals surface area contributed by atoms with Gasteiger partial charge >= 0.3 is 0 Å². The highest BCUT2D eigenvalue weighted by Crippen LogP contribution is 2.20. The summed E-state index contributed by atoms with van der Waals surface area (Å²) in [4.78, 5) is 0. The topological polar surface area (TPSA) is 46.2 Å². The summed E-state index contributed by atoms with van der Waals surface area (Å²) in [7, 11) is 0. The largest absolute Gasteiger partial charge is 0.395 e. The predicted molar refractivity (Wildman–Crippen MR) is 66.4 cm³/mol. The summed E-state index contributed by atoms with van der Waals surface area (Å²) < 4.78 is 0. The van der Waals surface area contributed by atoms with Gasteiger partial charge in [-0.1, -0.05) is 37.3 Å². The van der Waals surface area contributed by atoms with E-state index in [0.717, 1.165) is 12.8 Å². The Hall–Kier alpha value is -0.570. The van der Waals surface area contributed by atoms with Crippen LogP contribution >= 0.6 is 12.4 Å². The number of aliphatic hydroxyl groups excluding tert-OH is 1. The van der Waals surface area contributed by atoms with Crippen LogP contribution in [0.5, 0.6) is 0 Å². The van der Waals surface area contributed by atoms with Crippen molar-refractivity contribution in [3.63, 3.8) is 0 Å². The second kappa shape index (κ2) is 7.69. The van der Waals surface area contributed by atoms with Crippen molar-refractivity contribution in [2.45, 2.75) is 31.7 Å². The van der Waals surface area contributed by atoms with E-state index in [2.05, 4.69) is 31.2 Å². The Morgan fingerprint density at radius 1 is 1.20 bits per heavy atom. The standard InChI is InChI=1S/C12H19NO.ClH/c1-10(7-8-12(13)9-14)11-5-3-2-4-6-11;/h2-6,10,12,14H,7-9,13H2,1H3;1H. The molecule has 0 saturated carbocycles. The van der Waals surface area contributed by atoms with Crippen LogP contribution in [0.4, 0.5) is 0 Å². The molecule has 0 heterocycles. The van der Waals surface area contributed by atoms with Gasteiger partial charge in [-0.25, -0.2) is 0 Å². The molecule has 2 unspecified atom stereocenters. The summed E-state index contributed by atoms with van der Waals surface area (Å²) in [6.07, 6.45) is 1.91. The molecule has 0 aliphatic heterocycles. The molecule has 3 heteroatoms. The number of rotatable bonds is 5. The van der Waals surface area contributed by atoms with Gasteiger partial charge in [0.15, 0.2) is 0 Å². The van der Waals surface area contributed by atoms with Crippen molar-refractivity contribution in [3.05, 3.63) is 35.9 Å². The monoisotopic (exact) mass is 229 g/mol. The summed E-state index contributed by atoms with van der Waals surface area (Å²) >= 11 is 0. The molecule has 86 valence electrons. The number of halogens is 1. The van der Waals surface area contributed by atoms with Crippen molar-refractivity contribution in [1.82, 2.24) is 0 Å². The molecule has 0 bridgehead atoms. The van der Waals surface area contributed by atoms with E-state index in [0.29, 0.717) is 5.92 Å². The van der Waals surface area contributed by atoms with Gasteiger partial charge in [-0.3, -0.25) is 0 Å². The number of benzene rings is 1. The Labute approximate surface area is 97.9 Å². The van der Waals surface area contributed by atoms with Crippen LogP contribution in [0, 0.1) is 0 Å². The van der Waals surface area contributed by atoms with Crippen LogP contribution in [-0.4, -0.2) is 17.8 Å². The summed E-state index contributed by atoms with van der Waals surface area (Å²) in [5.41, 5.74) is 6.99. The number of aliphatic hydroxyl groups is 1. The molecular weight excluding hydrogens is 210 g/mol. The first kappa shape index (κ1) is 14.4. The highest BCUT2D eigenvalue weighted by Gasteiger charge is 2.07. The van der Waals surface area contributed by atoms with Gasteiger partial charge in [0.1, 0.15) is 0 Å². The molecule has 1 aromatic rings. The maximum absolute atomic E-state index is 8.79. The zero-order valence-corrected chi connectivity index (χ0v) is 9.91. The van der Waals surface area contributed by atoms with Gasteiger partial charge in [0, 0.05) is 6.04 Å². The first-order valence-corrected chi connectivity index (χ1v) is 5.15. The van der Waals surface area contributed by atoms with E-state index in [1.165, 1.54) is 5.56 Å². The first-order chi connectivity index (χ1) is 6.74. The van der Waals surface area contributed by atoms with Crippen LogP contribution in [0.25, 0.3) is 0 Å². The third-order valence-corrected chi connectivity index (χ3v) is 2.57. The van der Waals surface area contributed by atoms with Crippen molar-refractivity contribution in [3.8, 4) is 0 Å². The molecule has 0 aliphatic carbocycles. The molecule has 0 aromatic heterocycles. The van der Waals surface area contributed by atoms with E-state index < -0.39 is 0 Å². The Morgan fingerprint density at radius 3 is 2.33 bits per heavy atom. The molecule has 1 aromatic carbocycles. The molecular formula is C12H20ClNO. The molecule has 0 radical (unpaired) electrons. The highest BCUT2D eigenvalue weighted by molar-refractivity contribution is 5.85. The molecule has 2 atom stereocenters. The summed E-state index contributed by atoms with van der Waals surface area (Å²) in [5, 5.41) is 8.79. The molecule has 1 rings (SSSR count). The molecule has 2 nitrogen and oxygen atoms in total. The maximum atomic E-state index is 8.79. The summed E-state index contributed by atoms with van der Waals surface area (Å²) in [6, 6.07) is 10.3. The number of hydrogen-bond donors (Lipinski definition) is 2. The molecule has 15 heavy (non-hydrogen) atoms. The van der Waals surface area contributed by atoms with Crippen LogP contribution in [0.2, 0.25) is 0 Å². The van der Waals surface area contributed by atoms with Gasteiger partial charge in [-0.05, 0) is 24.3 Å². The molecule has 0 amide bonds. The van der Waals surface area contributed by atoms with E-state index in [9.17, 15) is 0 Å². The second-order valence-electron chi connectivity index (χ2n) is 3.83. The Kier molecular flexibility index (Phi) is 7.39. The van der Waals surface area contributed by atoms with Crippen LogP contribution in [-0.2, 0) is 0 Å². The van der Waals surface area contributed by atoms with Crippen LogP contribution in [0.3, 0.4) is 0 Å². The van der Waals surface area contributed by atoms with E-state index in [4.69, 9.17) is 10.8 Å². The van der Waals surface area contributed by atoms with Crippen LogP contribution in [0.1, 0.15) is 31.2 Å². The maximum Gasteiger partial charge on any atom is 0.0582 e. The lowest BCUT2D eigenvalue weighted by Crippen LogP contribution is -2.24. The molecule has 0 spiro atoms. The summed E-state index contributed by atoms with van der Waals surface area (Å²) in [5.74, 6) is 0.522. The minimum atomic E-state index is -0.0684. The van der Waals surface area contributed by atoms with Gasteiger partial charge in [0.05, 0.1) is 6.61 Å². The van der Waals surface area contributed by atoms with Crippen molar-refractivity contribution < 1.29 is 5.11 Å². The highest BCUT2D eigenvalue weighted by atomic mass is 35.5. The third kappa shape index (κ3) is 5.17. The number of hydrogen-bond acceptors (Lipinski definition) is 2. The normalized spacial score (nSPS) is 14.1. The summed E-state index contributed by atoms with van der Waals surface area (Å²) in [6.45, 7) is 2.28. The lowest BCUT2D eigenvalue weighted by atomic mass is 9.95. The average molecular weight is 230 g/mol. The van der Waals surface area contributed by atoms with Crippen molar-refractivity contribution >= 4 is 12.4 Å². The minimum absolute atomic E-state index is 0. The van der Waals surface area contributed by atoms with E-state index in [1.807, 2.05) is 6.07 Å². The Balaban J connectivity index is 0.00000196. The van der Waals surface area contributed by atoms with E-state index >= 15 is 0 Å². The fraction of sp³-hybridized carbons (Fsp3) is 0.500. The fourth-order valence-electron chi connectivity index (χ4n) is 1.50. The SMILES string of the molecule is CC(CCC(N)CO)c1ccccc1.Cl. The molecule has 0 saturated heterocycles. The molecule has 0 aliphatic rings. The van der Waals surface area contributed by atoms with E-state index in [1.54, 1.807) is 0 Å². The van der Waals surface area contributed by atoms with Crippen molar-refractivity contribution in [2.24, 2.45) is 5.73 Å². The number of nitrogens with two attached hydrogens (primary N) is 1. The molecule has 0 fully saturated rings. The zero-order chi connectivity index (χ0) is 10.4. The van der Waals surface area contributed by atoms with Crippen LogP contribution in [0.15, 0.2) is 30.3 Å². The first-order valence-electron chi connectivity index (χ1n) is 5.15. The van der Waals surface area contributed by atoms with E-state index in [-0.39, 0.29) is 25.1 Å². The van der Waals surface area contributed by atoms with Gasteiger partial charge in [-0.2, -0.15) is 0 Å². The predicted octanol–water partition coefficient (Wildman–Crippen LogP) is 2.31. The lowest BCUT2D eigenvalue weighted by Gasteiger charge is -2.14.